The third-order valence-corrected chi connectivity index (χ3v) is 10.1. The fraction of sp³-hybridized carbons (Fsp3) is 0. The van der Waals surface area contributed by atoms with E-state index in [1.54, 1.807) is 0 Å². The quantitative estimate of drug-likeness (QED) is 0.190. The van der Waals surface area contributed by atoms with Crippen molar-refractivity contribution in [2.75, 3.05) is 4.90 Å². The monoisotopic (exact) mass is 646 g/mol. The van der Waals surface area contributed by atoms with Gasteiger partial charge in [0, 0.05) is 47.3 Å². The molecule has 0 saturated carbocycles. The second-order valence-corrected chi connectivity index (χ2v) is 12.9. The topological polar surface area (TPSA) is 29.3 Å². The van der Waals surface area contributed by atoms with Crippen LogP contribution < -0.4 is 4.90 Å². The van der Waals surface area contributed by atoms with Gasteiger partial charge in [0.05, 0.1) is 0 Å². The van der Waals surface area contributed by atoms with Crippen molar-refractivity contribution in [3.05, 3.63) is 144 Å². The summed E-state index contributed by atoms with van der Waals surface area (Å²) in [5.41, 5.74) is 5.88. The van der Waals surface area contributed by atoms with Crippen molar-refractivity contribution in [3.8, 4) is 11.5 Å². The SMILES string of the molecule is Brc1ccc2c(ccc3c4ccc5cc(N(c6ccccc6)c6ccc(-c7nc8ccccc8o7)cc6)ccc5c4sc23)c1. The first-order valence-corrected chi connectivity index (χ1v) is 16.1. The molecule has 44 heavy (non-hydrogen) atoms. The van der Waals surface area contributed by atoms with E-state index in [0.29, 0.717) is 5.89 Å². The Morgan fingerprint density at radius 1 is 0.545 bits per heavy atom. The molecule has 9 aromatic rings. The molecular formula is C39H23BrN2OS. The third-order valence-electron chi connectivity index (χ3n) is 8.32. The van der Waals surface area contributed by atoms with Crippen LogP contribution in [-0.2, 0) is 0 Å². The van der Waals surface area contributed by atoms with Crippen molar-refractivity contribution in [2.24, 2.45) is 0 Å². The normalized spacial score (nSPS) is 11.8. The highest BCUT2D eigenvalue weighted by Crippen LogP contribution is 2.44. The Balaban J connectivity index is 1.16. The molecule has 0 fully saturated rings. The molecular weight excluding hydrogens is 624 g/mol. The minimum atomic E-state index is 0.627. The van der Waals surface area contributed by atoms with Gasteiger partial charge in [0.15, 0.2) is 5.58 Å². The van der Waals surface area contributed by atoms with Crippen molar-refractivity contribution in [3.63, 3.8) is 0 Å². The van der Waals surface area contributed by atoms with E-state index in [1.807, 2.05) is 35.6 Å². The highest BCUT2D eigenvalue weighted by atomic mass is 79.9. The van der Waals surface area contributed by atoms with Crippen LogP contribution in [0.3, 0.4) is 0 Å². The maximum atomic E-state index is 6.03. The van der Waals surface area contributed by atoms with Gasteiger partial charge in [0.25, 0.3) is 0 Å². The highest BCUT2D eigenvalue weighted by molar-refractivity contribution is 9.10. The predicted molar refractivity (Wildman–Crippen MR) is 190 cm³/mol. The lowest BCUT2D eigenvalue weighted by atomic mass is 10.0. The van der Waals surface area contributed by atoms with E-state index < -0.39 is 0 Å². The van der Waals surface area contributed by atoms with Crippen LogP contribution in [0.2, 0.25) is 0 Å². The summed E-state index contributed by atoms with van der Waals surface area (Å²) in [6.45, 7) is 0. The van der Waals surface area contributed by atoms with Gasteiger partial charge in [-0.1, -0.05) is 82.7 Å². The maximum absolute atomic E-state index is 6.03. The number of halogens is 1. The van der Waals surface area contributed by atoms with Crippen LogP contribution in [0.15, 0.2) is 148 Å². The first-order chi connectivity index (χ1) is 21.7. The van der Waals surface area contributed by atoms with E-state index >= 15 is 0 Å². The van der Waals surface area contributed by atoms with Gasteiger partial charge in [0.1, 0.15) is 5.52 Å². The van der Waals surface area contributed by atoms with Gasteiger partial charge < -0.3 is 9.32 Å². The molecule has 208 valence electrons. The Hall–Kier alpha value is -4.97. The van der Waals surface area contributed by atoms with E-state index in [0.717, 1.165) is 38.2 Å². The van der Waals surface area contributed by atoms with Crippen LogP contribution >= 0.6 is 27.3 Å². The molecule has 9 rings (SSSR count). The number of anilines is 3. The predicted octanol–water partition coefficient (Wildman–Crippen LogP) is 12.4. The number of fused-ring (bicyclic) bond motifs is 8. The second-order valence-electron chi connectivity index (χ2n) is 11.0. The Labute approximate surface area is 265 Å². The second kappa shape index (κ2) is 10.1. The molecule has 0 saturated heterocycles. The first-order valence-electron chi connectivity index (χ1n) is 14.5. The van der Waals surface area contributed by atoms with E-state index in [9.17, 15) is 0 Å². The molecule has 0 aliphatic carbocycles. The van der Waals surface area contributed by atoms with Gasteiger partial charge in [-0.2, -0.15) is 0 Å². The molecule has 0 bridgehead atoms. The zero-order chi connectivity index (χ0) is 29.2. The summed E-state index contributed by atoms with van der Waals surface area (Å²) in [7, 11) is 0. The van der Waals surface area contributed by atoms with E-state index in [2.05, 4.69) is 141 Å². The summed E-state index contributed by atoms with van der Waals surface area (Å²) in [6, 6.07) is 49.3. The number of hydrogen-bond acceptors (Lipinski definition) is 4. The Kier molecular flexibility index (Phi) is 5.83. The molecule has 2 heterocycles. The van der Waals surface area contributed by atoms with Crippen molar-refractivity contribution < 1.29 is 4.42 Å². The number of hydrogen-bond donors (Lipinski definition) is 0. The van der Waals surface area contributed by atoms with Crippen molar-refractivity contribution in [1.29, 1.82) is 0 Å². The molecule has 0 unspecified atom stereocenters. The molecule has 3 nitrogen and oxygen atoms in total. The maximum Gasteiger partial charge on any atom is 0.227 e. The number of aromatic nitrogens is 1. The van der Waals surface area contributed by atoms with Crippen molar-refractivity contribution >= 4 is 97.1 Å². The standard InChI is InChI=1S/C39H23BrN2OS/c40-27-14-20-31-25(22-27)12-18-33-34-19-13-26-23-30(17-21-32(26)38(34)44-37(31)33)42(28-6-2-1-3-7-28)29-15-10-24(11-16-29)39-41-35-8-4-5-9-36(35)43-39/h1-23H. The summed E-state index contributed by atoms with van der Waals surface area (Å²) < 4.78 is 9.80. The highest BCUT2D eigenvalue weighted by Gasteiger charge is 2.16. The van der Waals surface area contributed by atoms with Crippen LogP contribution in [0, 0.1) is 0 Å². The smallest absolute Gasteiger partial charge is 0.227 e. The average molecular weight is 648 g/mol. The van der Waals surface area contributed by atoms with E-state index in [4.69, 9.17) is 4.42 Å². The van der Waals surface area contributed by atoms with Gasteiger partial charge in [-0.25, -0.2) is 4.98 Å². The average Bonchev–Trinajstić information content (AvgIpc) is 3.68. The third kappa shape index (κ3) is 4.12. The summed E-state index contributed by atoms with van der Waals surface area (Å²) in [4.78, 5) is 6.99. The zero-order valence-corrected chi connectivity index (χ0v) is 25.8. The van der Waals surface area contributed by atoms with E-state index in [-0.39, 0.29) is 0 Å². The molecule has 0 atom stereocenters. The van der Waals surface area contributed by atoms with Gasteiger partial charge in [0.2, 0.25) is 5.89 Å². The number of nitrogens with zero attached hydrogens (tertiary/aromatic N) is 2. The largest absolute Gasteiger partial charge is 0.436 e. The van der Waals surface area contributed by atoms with Gasteiger partial charge >= 0.3 is 0 Å². The van der Waals surface area contributed by atoms with Crippen molar-refractivity contribution in [2.45, 2.75) is 0 Å². The minimum absolute atomic E-state index is 0.627. The number of oxazole rings is 1. The van der Waals surface area contributed by atoms with Gasteiger partial charge in [-0.3, -0.25) is 0 Å². The molecule has 2 aromatic heterocycles. The summed E-state index contributed by atoms with van der Waals surface area (Å²) in [5.74, 6) is 0.627. The van der Waals surface area contributed by atoms with Crippen LogP contribution in [0.5, 0.6) is 0 Å². The Morgan fingerprint density at radius 2 is 1.16 bits per heavy atom. The number of para-hydroxylation sites is 3. The van der Waals surface area contributed by atoms with E-state index in [1.165, 1.54) is 41.7 Å². The summed E-state index contributed by atoms with van der Waals surface area (Å²) in [5, 5.41) is 7.68. The molecule has 0 amide bonds. The van der Waals surface area contributed by atoms with Gasteiger partial charge in [-0.05, 0) is 94.3 Å². The minimum Gasteiger partial charge on any atom is -0.436 e. The number of thiophene rings is 1. The lowest BCUT2D eigenvalue weighted by molar-refractivity contribution is 0.620. The molecule has 0 aliphatic rings. The fourth-order valence-electron chi connectivity index (χ4n) is 6.22. The molecule has 0 aliphatic heterocycles. The van der Waals surface area contributed by atoms with Crippen LogP contribution in [0.25, 0.3) is 64.3 Å². The first kappa shape index (κ1) is 25.5. The lowest BCUT2D eigenvalue weighted by Gasteiger charge is -2.26. The zero-order valence-electron chi connectivity index (χ0n) is 23.4. The molecule has 5 heteroatoms. The van der Waals surface area contributed by atoms with Crippen LogP contribution in [-0.4, -0.2) is 4.98 Å². The molecule has 0 N–H and O–H groups in total. The van der Waals surface area contributed by atoms with Gasteiger partial charge in [-0.15, -0.1) is 11.3 Å². The fourth-order valence-corrected chi connectivity index (χ4v) is 7.97. The van der Waals surface area contributed by atoms with Crippen molar-refractivity contribution in [1.82, 2.24) is 4.98 Å². The summed E-state index contributed by atoms with van der Waals surface area (Å²) in [6.07, 6.45) is 0. The Bertz CT molecular complexity index is 2480. The van der Waals surface area contributed by atoms with Crippen LogP contribution in [0.4, 0.5) is 17.1 Å². The lowest BCUT2D eigenvalue weighted by Crippen LogP contribution is -2.09. The molecule has 7 aromatic carbocycles. The van der Waals surface area contributed by atoms with Crippen LogP contribution in [0.1, 0.15) is 0 Å². The number of rotatable bonds is 4. The molecule has 0 radical (unpaired) electrons. The number of benzene rings is 7. The molecule has 0 spiro atoms. The summed E-state index contributed by atoms with van der Waals surface area (Å²) >= 11 is 5.52. The Morgan fingerprint density at radius 3 is 1.91 bits per heavy atom.